The third-order valence-electron chi connectivity index (χ3n) is 5.41. The highest BCUT2D eigenvalue weighted by atomic mass is 19.1. The number of fused-ring (bicyclic) bond motifs is 5. The summed E-state index contributed by atoms with van der Waals surface area (Å²) in [4.78, 5) is 12.1. The number of aromatic nitrogens is 2. The van der Waals surface area contributed by atoms with Crippen LogP contribution in [-0.4, -0.2) is 16.0 Å². The van der Waals surface area contributed by atoms with Gasteiger partial charge in [0.2, 0.25) is 0 Å². The molecule has 2 aromatic rings. The summed E-state index contributed by atoms with van der Waals surface area (Å²) in [5, 5.41) is 7.59. The van der Waals surface area contributed by atoms with Gasteiger partial charge in [-0.25, -0.2) is 4.39 Å². The summed E-state index contributed by atoms with van der Waals surface area (Å²) in [6, 6.07) is 1.59. The summed E-state index contributed by atoms with van der Waals surface area (Å²) in [6.07, 6.45) is 5.03. The van der Waals surface area contributed by atoms with Crippen molar-refractivity contribution in [2.24, 2.45) is 5.41 Å². The molecule has 0 spiro atoms. The smallest absolute Gasteiger partial charge is 0.158 e. The summed E-state index contributed by atoms with van der Waals surface area (Å²) in [7, 11) is 0. The Morgan fingerprint density at radius 2 is 2.29 bits per heavy atom. The SMILES string of the molecule is CCC12CCC(=O)C(C)=C1c1cc(F)c3[nH]ncc3c1C2. The van der Waals surface area contributed by atoms with Crippen LogP contribution in [0.1, 0.15) is 44.2 Å². The third-order valence-corrected chi connectivity index (χ3v) is 5.41. The van der Waals surface area contributed by atoms with Gasteiger partial charge in [-0.1, -0.05) is 6.92 Å². The molecule has 1 N–H and O–H groups in total. The van der Waals surface area contributed by atoms with Crippen LogP contribution in [0.25, 0.3) is 16.5 Å². The zero-order chi connectivity index (χ0) is 14.8. The minimum absolute atomic E-state index is 0.00167. The topological polar surface area (TPSA) is 45.8 Å². The molecule has 4 heteroatoms. The van der Waals surface area contributed by atoms with Crippen LogP contribution in [0, 0.1) is 11.2 Å². The molecule has 1 unspecified atom stereocenters. The second-order valence-electron chi connectivity index (χ2n) is 6.28. The first-order chi connectivity index (χ1) is 10.1. The summed E-state index contributed by atoms with van der Waals surface area (Å²) in [6.45, 7) is 4.06. The van der Waals surface area contributed by atoms with Crippen molar-refractivity contribution in [3.8, 4) is 0 Å². The normalized spacial score (nSPS) is 24.6. The number of carbonyl (C=O) groups is 1. The van der Waals surface area contributed by atoms with Gasteiger partial charge in [0.1, 0.15) is 11.3 Å². The molecule has 0 radical (unpaired) electrons. The van der Waals surface area contributed by atoms with Crippen molar-refractivity contribution in [1.29, 1.82) is 0 Å². The molecular weight excluding hydrogens is 267 g/mol. The van der Waals surface area contributed by atoms with E-state index in [9.17, 15) is 9.18 Å². The van der Waals surface area contributed by atoms with E-state index in [4.69, 9.17) is 0 Å². The first-order valence-corrected chi connectivity index (χ1v) is 7.47. The molecule has 0 saturated carbocycles. The zero-order valence-corrected chi connectivity index (χ0v) is 12.2. The second-order valence-corrected chi connectivity index (χ2v) is 6.28. The number of carbonyl (C=O) groups excluding carboxylic acids is 1. The Morgan fingerprint density at radius 1 is 1.48 bits per heavy atom. The number of nitrogens with one attached hydrogen (secondary N) is 1. The molecule has 0 fully saturated rings. The molecule has 2 aliphatic carbocycles. The number of halogens is 1. The Labute approximate surface area is 122 Å². The number of hydrogen-bond acceptors (Lipinski definition) is 2. The van der Waals surface area contributed by atoms with E-state index < -0.39 is 0 Å². The number of rotatable bonds is 1. The highest BCUT2D eigenvalue weighted by molar-refractivity contribution is 6.07. The molecule has 3 nitrogen and oxygen atoms in total. The van der Waals surface area contributed by atoms with Crippen molar-refractivity contribution in [2.45, 2.75) is 39.5 Å². The van der Waals surface area contributed by atoms with Gasteiger partial charge in [-0.05, 0) is 54.5 Å². The van der Waals surface area contributed by atoms with Crippen LogP contribution in [0.3, 0.4) is 0 Å². The minimum Gasteiger partial charge on any atom is -0.295 e. The number of allylic oxidation sites excluding steroid dienone is 2. The lowest BCUT2D eigenvalue weighted by Gasteiger charge is -2.34. The highest BCUT2D eigenvalue weighted by Gasteiger charge is 2.45. The summed E-state index contributed by atoms with van der Waals surface area (Å²) in [5.74, 6) is -0.0823. The molecule has 1 aromatic carbocycles. The van der Waals surface area contributed by atoms with Gasteiger partial charge in [0.15, 0.2) is 5.78 Å². The third kappa shape index (κ3) is 1.48. The van der Waals surface area contributed by atoms with E-state index in [0.29, 0.717) is 11.9 Å². The van der Waals surface area contributed by atoms with Gasteiger partial charge in [-0.2, -0.15) is 5.10 Å². The van der Waals surface area contributed by atoms with Crippen molar-refractivity contribution >= 4 is 22.3 Å². The van der Waals surface area contributed by atoms with Gasteiger partial charge in [-0.3, -0.25) is 9.89 Å². The molecule has 0 bridgehead atoms. The lowest BCUT2D eigenvalue weighted by molar-refractivity contribution is -0.116. The molecule has 4 rings (SSSR count). The highest BCUT2D eigenvalue weighted by Crippen LogP contribution is 2.56. The van der Waals surface area contributed by atoms with Gasteiger partial charge in [0.05, 0.1) is 6.20 Å². The predicted molar refractivity (Wildman–Crippen MR) is 79.3 cm³/mol. The largest absolute Gasteiger partial charge is 0.295 e. The second kappa shape index (κ2) is 4.03. The fourth-order valence-electron chi connectivity index (χ4n) is 4.23. The molecular formula is C17H17FN2O. The fraction of sp³-hybridized carbons (Fsp3) is 0.412. The van der Waals surface area contributed by atoms with Crippen molar-refractivity contribution < 1.29 is 9.18 Å². The quantitative estimate of drug-likeness (QED) is 0.866. The van der Waals surface area contributed by atoms with Gasteiger partial charge >= 0.3 is 0 Å². The standard InChI is InChI=1S/C17H17FN2O/c1-3-17-5-4-14(21)9(2)15(17)10-6-13(18)16-12(8-19-20-16)11(10)7-17/h6,8H,3-5,7H2,1-2H3,(H,19,20). The lowest BCUT2D eigenvalue weighted by Crippen LogP contribution is -2.27. The Morgan fingerprint density at radius 3 is 3.05 bits per heavy atom. The first-order valence-electron chi connectivity index (χ1n) is 7.47. The number of Topliss-reactive ketones (excluding diaryl/α,β-unsaturated/α-hetero) is 1. The fourth-order valence-corrected chi connectivity index (χ4v) is 4.23. The maximum atomic E-state index is 14.3. The molecule has 0 aliphatic heterocycles. The van der Waals surface area contributed by atoms with E-state index in [-0.39, 0.29) is 17.0 Å². The molecule has 21 heavy (non-hydrogen) atoms. The van der Waals surface area contributed by atoms with Crippen LogP contribution in [-0.2, 0) is 11.2 Å². The van der Waals surface area contributed by atoms with Crippen molar-refractivity contribution in [3.05, 3.63) is 34.8 Å². The Bertz CT molecular complexity index is 818. The molecule has 0 saturated heterocycles. The number of nitrogens with zero attached hydrogens (tertiary/aromatic N) is 1. The van der Waals surface area contributed by atoms with Crippen LogP contribution in [0.5, 0.6) is 0 Å². The van der Waals surface area contributed by atoms with Gasteiger partial charge < -0.3 is 0 Å². The first kappa shape index (κ1) is 12.7. The number of benzene rings is 1. The molecule has 2 aliphatic rings. The summed E-state index contributed by atoms with van der Waals surface area (Å²) < 4.78 is 14.3. The molecule has 1 aromatic heterocycles. The van der Waals surface area contributed by atoms with E-state index >= 15 is 0 Å². The molecule has 1 heterocycles. The Hall–Kier alpha value is -1.97. The van der Waals surface area contributed by atoms with Crippen LogP contribution in [0.4, 0.5) is 4.39 Å². The lowest BCUT2D eigenvalue weighted by atomic mass is 9.68. The monoisotopic (exact) mass is 284 g/mol. The number of aromatic amines is 1. The van der Waals surface area contributed by atoms with Gasteiger partial charge in [-0.15, -0.1) is 0 Å². The van der Waals surface area contributed by atoms with E-state index in [0.717, 1.165) is 46.9 Å². The number of hydrogen-bond donors (Lipinski definition) is 1. The molecule has 108 valence electrons. The zero-order valence-electron chi connectivity index (χ0n) is 12.2. The van der Waals surface area contributed by atoms with E-state index in [2.05, 4.69) is 17.1 Å². The minimum atomic E-state index is -0.286. The van der Waals surface area contributed by atoms with E-state index in [1.165, 1.54) is 0 Å². The van der Waals surface area contributed by atoms with Gasteiger partial charge in [0, 0.05) is 17.2 Å². The van der Waals surface area contributed by atoms with Crippen molar-refractivity contribution in [2.75, 3.05) is 0 Å². The van der Waals surface area contributed by atoms with Crippen LogP contribution in [0.15, 0.2) is 17.8 Å². The Balaban J connectivity index is 2.10. The summed E-state index contributed by atoms with van der Waals surface area (Å²) in [5.41, 5.74) is 4.45. The molecule has 1 atom stereocenters. The Kier molecular flexibility index (Phi) is 2.44. The van der Waals surface area contributed by atoms with E-state index in [1.807, 2.05) is 6.92 Å². The van der Waals surface area contributed by atoms with Crippen LogP contribution in [0.2, 0.25) is 0 Å². The van der Waals surface area contributed by atoms with Crippen LogP contribution >= 0.6 is 0 Å². The van der Waals surface area contributed by atoms with Crippen molar-refractivity contribution in [3.63, 3.8) is 0 Å². The number of H-pyrrole nitrogens is 1. The van der Waals surface area contributed by atoms with Crippen LogP contribution < -0.4 is 0 Å². The van der Waals surface area contributed by atoms with Gasteiger partial charge in [0.25, 0.3) is 0 Å². The molecule has 0 amide bonds. The maximum Gasteiger partial charge on any atom is 0.158 e. The predicted octanol–water partition coefficient (Wildman–Crippen LogP) is 3.79. The van der Waals surface area contributed by atoms with Crippen molar-refractivity contribution in [1.82, 2.24) is 10.2 Å². The average molecular weight is 284 g/mol. The summed E-state index contributed by atoms with van der Waals surface area (Å²) >= 11 is 0. The van der Waals surface area contributed by atoms with E-state index in [1.54, 1.807) is 12.3 Å². The number of ketones is 1. The maximum absolute atomic E-state index is 14.3. The average Bonchev–Trinajstić information content (AvgIpc) is 3.07.